The van der Waals surface area contributed by atoms with Crippen molar-refractivity contribution < 1.29 is 14.3 Å². The molecule has 0 atom stereocenters. The summed E-state index contributed by atoms with van der Waals surface area (Å²) in [6.45, 7) is 0.469. The van der Waals surface area contributed by atoms with Gasteiger partial charge in [-0.1, -0.05) is 48.5 Å². The van der Waals surface area contributed by atoms with Gasteiger partial charge in [0.2, 0.25) is 0 Å². The van der Waals surface area contributed by atoms with Gasteiger partial charge in [-0.15, -0.1) is 0 Å². The summed E-state index contributed by atoms with van der Waals surface area (Å²) < 4.78 is 5.19. The second-order valence-electron chi connectivity index (χ2n) is 7.85. The molecule has 7 heteroatoms. The molecule has 4 rings (SSSR count). The van der Waals surface area contributed by atoms with Gasteiger partial charge in [0, 0.05) is 42.9 Å². The van der Waals surface area contributed by atoms with Gasteiger partial charge in [0.25, 0.3) is 5.91 Å². The van der Waals surface area contributed by atoms with Crippen molar-refractivity contribution in [2.45, 2.75) is 13.2 Å². The summed E-state index contributed by atoms with van der Waals surface area (Å²) in [5.74, 6) is -0.201. The van der Waals surface area contributed by atoms with Crippen LogP contribution in [0.4, 0.5) is 21.9 Å². The minimum absolute atomic E-state index is 0.158. The fourth-order valence-electron chi connectivity index (χ4n) is 3.51. The number of ether oxygens (including phenoxy) is 1. The van der Waals surface area contributed by atoms with E-state index in [9.17, 15) is 9.59 Å². The topological polar surface area (TPSA) is 83.6 Å². The normalized spacial score (nSPS) is 10.3. The van der Waals surface area contributed by atoms with Crippen LogP contribution in [-0.4, -0.2) is 24.0 Å². The molecule has 176 valence electrons. The maximum Gasteiger partial charge on any atom is 0.407 e. The van der Waals surface area contributed by atoms with Crippen LogP contribution < -0.4 is 15.5 Å². The third-order valence-electron chi connectivity index (χ3n) is 5.39. The monoisotopic (exact) mass is 466 g/mol. The van der Waals surface area contributed by atoms with E-state index in [4.69, 9.17) is 4.74 Å². The van der Waals surface area contributed by atoms with Gasteiger partial charge in [0.05, 0.1) is 11.3 Å². The number of carbonyl (C=O) groups is 2. The van der Waals surface area contributed by atoms with Gasteiger partial charge >= 0.3 is 6.09 Å². The molecule has 0 aliphatic rings. The zero-order valence-electron chi connectivity index (χ0n) is 19.3. The molecule has 0 fully saturated rings. The van der Waals surface area contributed by atoms with E-state index in [-0.39, 0.29) is 12.5 Å². The Morgan fingerprint density at radius 3 is 2.34 bits per heavy atom. The van der Waals surface area contributed by atoms with E-state index in [1.807, 2.05) is 78.7 Å². The Bertz CT molecular complexity index is 1260. The zero-order valence-corrected chi connectivity index (χ0v) is 19.3. The highest BCUT2D eigenvalue weighted by Gasteiger charge is 2.15. The van der Waals surface area contributed by atoms with E-state index >= 15 is 0 Å². The van der Waals surface area contributed by atoms with E-state index in [1.165, 1.54) is 0 Å². The maximum absolute atomic E-state index is 13.0. The lowest BCUT2D eigenvalue weighted by Gasteiger charge is -2.22. The largest absolute Gasteiger partial charge is 0.445 e. The molecule has 0 bridgehead atoms. The molecule has 0 spiro atoms. The summed E-state index contributed by atoms with van der Waals surface area (Å²) in [6, 6.07) is 28.3. The van der Waals surface area contributed by atoms with Crippen LogP contribution in [0.25, 0.3) is 0 Å². The second kappa shape index (κ2) is 11.5. The van der Waals surface area contributed by atoms with Gasteiger partial charge in [0.15, 0.2) is 0 Å². The van der Waals surface area contributed by atoms with Crippen molar-refractivity contribution in [1.82, 2.24) is 10.3 Å². The van der Waals surface area contributed by atoms with Crippen LogP contribution in [0.3, 0.4) is 0 Å². The van der Waals surface area contributed by atoms with E-state index in [1.54, 1.807) is 36.7 Å². The molecular formula is C28H26N4O3. The average molecular weight is 467 g/mol. The minimum Gasteiger partial charge on any atom is -0.445 e. The maximum atomic E-state index is 13.0. The number of anilines is 3. The molecule has 0 unspecified atom stereocenters. The first-order chi connectivity index (χ1) is 17.1. The number of pyridine rings is 1. The Morgan fingerprint density at radius 2 is 1.60 bits per heavy atom. The summed E-state index contributed by atoms with van der Waals surface area (Å²) in [5.41, 5.74) is 4.73. The molecule has 2 N–H and O–H groups in total. The number of rotatable bonds is 8. The number of hydrogen-bond acceptors (Lipinski definition) is 5. The molecule has 7 nitrogen and oxygen atoms in total. The van der Waals surface area contributed by atoms with Crippen molar-refractivity contribution in [3.05, 3.63) is 120 Å². The molecule has 1 heterocycles. The van der Waals surface area contributed by atoms with Gasteiger partial charge in [-0.3, -0.25) is 9.78 Å². The van der Waals surface area contributed by atoms with Crippen LogP contribution in [0.2, 0.25) is 0 Å². The highest BCUT2D eigenvalue weighted by molar-refractivity contribution is 6.08. The molecule has 35 heavy (non-hydrogen) atoms. The van der Waals surface area contributed by atoms with E-state index in [0.717, 1.165) is 22.5 Å². The van der Waals surface area contributed by atoms with Gasteiger partial charge in [-0.25, -0.2) is 4.79 Å². The van der Waals surface area contributed by atoms with Crippen molar-refractivity contribution in [3.8, 4) is 0 Å². The fourth-order valence-corrected chi connectivity index (χ4v) is 3.51. The number of nitrogens with one attached hydrogen (secondary N) is 2. The summed E-state index contributed by atoms with van der Waals surface area (Å²) in [6.07, 6.45) is 2.81. The van der Waals surface area contributed by atoms with Gasteiger partial charge in [0.1, 0.15) is 6.61 Å². The number of benzene rings is 3. The zero-order chi connectivity index (χ0) is 24.5. The quantitative estimate of drug-likeness (QED) is 0.357. The number of amides is 2. The van der Waals surface area contributed by atoms with Crippen LogP contribution in [0, 0.1) is 0 Å². The van der Waals surface area contributed by atoms with E-state index in [2.05, 4.69) is 15.6 Å². The van der Waals surface area contributed by atoms with E-state index in [0.29, 0.717) is 17.8 Å². The molecule has 0 aliphatic heterocycles. The number of nitrogens with zero attached hydrogens (tertiary/aromatic N) is 2. The summed E-state index contributed by atoms with van der Waals surface area (Å²) in [7, 11) is 1.94. The molecule has 0 saturated carbocycles. The van der Waals surface area contributed by atoms with Crippen LogP contribution in [0.15, 0.2) is 103 Å². The lowest BCUT2D eigenvalue weighted by atomic mass is 10.1. The van der Waals surface area contributed by atoms with Gasteiger partial charge in [-0.2, -0.15) is 0 Å². The molecule has 0 radical (unpaired) electrons. The molecule has 0 saturated heterocycles. The predicted molar refractivity (Wildman–Crippen MR) is 137 cm³/mol. The Kier molecular flexibility index (Phi) is 7.70. The number of alkyl carbamates (subject to hydrolysis) is 1. The van der Waals surface area contributed by atoms with Crippen molar-refractivity contribution in [2.24, 2.45) is 0 Å². The number of para-hydroxylation sites is 2. The molecule has 1 aromatic heterocycles. The van der Waals surface area contributed by atoms with Crippen molar-refractivity contribution >= 4 is 29.1 Å². The smallest absolute Gasteiger partial charge is 0.407 e. The highest BCUT2D eigenvalue weighted by atomic mass is 16.5. The lowest BCUT2D eigenvalue weighted by Crippen LogP contribution is -2.23. The molecule has 2 amide bonds. The van der Waals surface area contributed by atoms with Crippen LogP contribution in [0.5, 0.6) is 0 Å². The van der Waals surface area contributed by atoms with Crippen molar-refractivity contribution in [3.63, 3.8) is 0 Å². The van der Waals surface area contributed by atoms with Crippen LogP contribution in [-0.2, 0) is 17.9 Å². The number of aromatic nitrogens is 1. The predicted octanol–water partition coefficient (Wildman–Crippen LogP) is 5.53. The first-order valence-corrected chi connectivity index (χ1v) is 11.2. The lowest BCUT2D eigenvalue weighted by molar-refractivity contribution is 0.102. The highest BCUT2D eigenvalue weighted by Crippen LogP contribution is 2.27. The second-order valence-corrected chi connectivity index (χ2v) is 7.85. The standard InChI is InChI=1S/C28H26N4O3/c1-32(24-9-3-2-4-10-24)26-12-6-5-11-25(26)27(33)31-23-15-13-21(14-16-23)19-30-28(34)35-20-22-8-7-17-29-18-22/h2-18H,19-20H2,1H3,(H,30,34)(H,31,33). The molecule has 3 aromatic carbocycles. The van der Waals surface area contributed by atoms with Crippen molar-refractivity contribution in [1.29, 1.82) is 0 Å². The van der Waals surface area contributed by atoms with Crippen molar-refractivity contribution in [2.75, 3.05) is 17.3 Å². The number of hydrogen-bond donors (Lipinski definition) is 2. The Hall–Kier alpha value is -4.65. The number of carbonyl (C=O) groups excluding carboxylic acids is 2. The van der Waals surface area contributed by atoms with E-state index < -0.39 is 6.09 Å². The third kappa shape index (κ3) is 6.45. The van der Waals surface area contributed by atoms with Crippen LogP contribution in [0.1, 0.15) is 21.5 Å². The summed E-state index contributed by atoms with van der Waals surface area (Å²) in [4.78, 5) is 30.9. The molecule has 4 aromatic rings. The molecular weight excluding hydrogens is 440 g/mol. The van der Waals surface area contributed by atoms with Gasteiger partial charge < -0.3 is 20.3 Å². The van der Waals surface area contributed by atoms with Crippen LogP contribution >= 0.6 is 0 Å². The summed E-state index contributed by atoms with van der Waals surface area (Å²) >= 11 is 0. The summed E-state index contributed by atoms with van der Waals surface area (Å²) in [5, 5.41) is 5.67. The first kappa shape index (κ1) is 23.5. The average Bonchev–Trinajstić information content (AvgIpc) is 2.92. The Labute approximate surface area is 204 Å². The third-order valence-corrected chi connectivity index (χ3v) is 5.39. The Balaban J connectivity index is 1.33. The fraction of sp³-hybridized carbons (Fsp3) is 0.107. The molecule has 0 aliphatic carbocycles. The first-order valence-electron chi connectivity index (χ1n) is 11.2. The Morgan fingerprint density at radius 1 is 0.857 bits per heavy atom. The minimum atomic E-state index is -0.509. The van der Waals surface area contributed by atoms with Gasteiger partial charge in [-0.05, 0) is 48.0 Å². The SMILES string of the molecule is CN(c1ccccc1)c1ccccc1C(=O)Nc1ccc(CNC(=O)OCc2cccnc2)cc1.